The van der Waals surface area contributed by atoms with E-state index in [0.717, 1.165) is 11.1 Å². The van der Waals surface area contributed by atoms with Crippen molar-refractivity contribution in [2.45, 2.75) is 33.1 Å². The van der Waals surface area contributed by atoms with Gasteiger partial charge in [0.2, 0.25) is 5.91 Å². The smallest absolute Gasteiger partial charge is 0.285 e. The van der Waals surface area contributed by atoms with E-state index < -0.39 is 10.0 Å². The van der Waals surface area contributed by atoms with Crippen LogP contribution >= 0.6 is 0 Å². The summed E-state index contributed by atoms with van der Waals surface area (Å²) >= 11 is 0. The normalized spacial score (nSPS) is 20.3. The van der Waals surface area contributed by atoms with Gasteiger partial charge in [0, 0.05) is 31.6 Å². The van der Waals surface area contributed by atoms with Crippen molar-refractivity contribution in [1.29, 1.82) is 0 Å². The second-order valence-electron chi connectivity index (χ2n) is 6.79. The lowest BCUT2D eigenvalue weighted by atomic mass is 9.95. The molecule has 1 N–H and O–H groups in total. The molecule has 1 aromatic carbocycles. The molecule has 0 saturated carbocycles. The fraction of sp³-hybridized carbons (Fsp3) is 0.474. The van der Waals surface area contributed by atoms with E-state index >= 15 is 0 Å². The van der Waals surface area contributed by atoms with Crippen LogP contribution in [0.4, 0.5) is 0 Å². The molecule has 6 nitrogen and oxygen atoms in total. The van der Waals surface area contributed by atoms with Gasteiger partial charge >= 0.3 is 0 Å². The number of nitrogens with one attached hydrogen (secondary N) is 1. The molecule has 140 valence electrons. The van der Waals surface area contributed by atoms with Crippen LogP contribution in [0.3, 0.4) is 0 Å². The van der Waals surface area contributed by atoms with Gasteiger partial charge in [0.1, 0.15) is 10.7 Å². The molecule has 7 heteroatoms. The molecule has 1 amide bonds. The molecule has 1 aromatic rings. The van der Waals surface area contributed by atoms with Gasteiger partial charge in [0.05, 0.1) is 0 Å². The van der Waals surface area contributed by atoms with Gasteiger partial charge in [-0.05, 0) is 31.7 Å². The molecule has 2 aliphatic heterocycles. The number of nitrogens with zero attached hydrogens (tertiary/aromatic N) is 2. The molecule has 0 aromatic heterocycles. The highest BCUT2D eigenvalue weighted by Crippen LogP contribution is 2.36. The van der Waals surface area contributed by atoms with E-state index in [9.17, 15) is 13.2 Å². The highest BCUT2D eigenvalue weighted by Gasteiger charge is 2.36. The summed E-state index contributed by atoms with van der Waals surface area (Å²) in [6.45, 7) is 5.20. The Kier molecular flexibility index (Phi) is 5.18. The second kappa shape index (κ2) is 7.23. The topological polar surface area (TPSA) is 78.8 Å². The predicted octanol–water partition coefficient (Wildman–Crippen LogP) is 2.32. The van der Waals surface area contributed by atoms with Gasteiger partial charge in [-0.2, -0.15) is 8.42 Å². The zero-order chi connectivity index (χ0) is 18.9. The van der Waals surface area contributed by atoms with Gasteiger partial charge in [0.15, 0.2) is 0 Å². The van der Waals surface area contributed by atoms with Crippen molar-refractivity contribution < 1.29 is 13.2 Å². The van der Waals surface area contributed by atoms with Crippen molar-refractivity contribution in [3.63, 3.8) is 0 Å². The van der Waals surface area contributed by atoms with Crippen molar-refractivity contribution in [2.24, 2.45) is 10.3 Å². The molecular formula is C19H25N3O3S. The number of amidine groups is 1. The second-order valence-corrected chi connectivity index (χ2v) is 8.33. The molecule has 1 saturated heterocycles. The fourth-order valence-electron chi connectivity index (χ4n) is 3.62. The maximum Gasteiger partial charge on any atom is 0.285 e. The summed E-state index contributed by atoms with van der Waals surface area (Å²) in [5.74, 6) is 0.594. The molecule has 0 radical (unpaired) electrons. The summed E-state index contributed by atoms with van der Waals surface area (Å²) in [7, 11) is -2.05. The third kappa shape index (κ3) is 3.40. The van der Waals surface area contributed by atoms with Crippen LogP contribution in [0.15, 0.2) is 34.2 Å². The van der Waals surface area contributed by atoms with E-state index in [0.29, 0.717) is 48.7 Å². The van der Waals surface area contributed by atoms with Crippen molar-refractivity contribution in [3.05, 3.63) is 41.0 Å². The lowest BCUT2D eigenvalue weighted by Gasteiger charge is -2.33. The maximum atomic E-state index is 12.8. The molecule has 0 spiro atoms. The number of hydrogen-bond acceptors (Lipinski definition) is 4. The van der Waals surface area contributed by atoms with Crippen LogP contribution in [0, 0.1) is 12.8 Å². The molecule has 1 fully saturated rings. The van der Waals surface area contributed by atoms with Crippen LogP contribution in [0.1, 0.15) is 37.3 Å². The zero-order valence-electron chi connectivity index (χ0n) is 15.4. The number of amides is 1. The summed E-state index contributed by atoms with van der Waals surface area (Å²) in [6.07, 6.45) is 2.00. The van der Waals surface area contributed by atoms with Crippen molar-refractivity contribution >= 4 is 26.7 Å². The van der Waals surface area contributed by atoms with E-state index in [1.54, 1.807) is 7.05 Å². The molecule has 26 heavy (non-hydrogen) atoms. The average molecular weight is 375 g/mol. The number of aryl methyl sites for hydroxylation is 1. The van der Waals surface area contributed by atoms with Crippen molar-refractivity contribution in [3.8, 4) is 0 Å². The number of likely N-dealkylation sites (tertiary alicyclic amines) is 1. The standard InChI is InChI=1S/C19H25N3O3S/c1-4-16-17(14-7-5-13(2)6-8-14)26(24,25)21-18(16)22-11-9-15(10-12-22)19(23)20-3/h5-8,15H,4,9-12H2,1-3H3,(H,20,23). The lowest BCUT2D eigenvalue weighted by Crippen LogP contribution is -2.42. The Labute approximate surface area is 155 Å². The van der Waals surface area contributed by atoms with Crippen LogP contribution in [0.25, 0.3) is 4.91 Å². The van der Waals surface area contributed by atoms with Gasteiger partial charge in [-0.3, -0.25) is 4.79 Å². The SMILES string of the molecule is CCC1=C(c2ccc(C)cc2)S(=O)(=O)N=C1N1CCC(C(=O)NC)CC1. The fourth-order valence-corrected chi connectivity index (χ4v) is 5.15. The Balaban J connectivity index is 1.91. The molecule has 0 aliphatic carbocycles. The Bertz CT molecular complexity index is 862. The first-order valence-electron chi connectivity index (χ1n) is 8.99. The number of rotatable bonds is 3. The number of carbonyl (C=O) groups excluding carboxylic acids is 1. The van der Waals surface area contributed by atoms with E-state index in [4.69, 9.17) is 0 Å². The summed E-state index contributed by atoms with van der Waals surface area (Å²) in [6, 6.07) is 7.51. The quantitative estimate of drug-likeness (QED) is 0.879. The van der Waals surface area contributed by atoms with Gasteiger partial charge in [-0.1, -0.05) is 36.8 Å². The van der Waals surface area contributed by atoms with Crippen molar-refractivity contribution in [2.75, 3.05) is 20.1 Å². The molecule has 0 atom stereocenters. The van der Waals surface area contributed by atoms with Gasteiger partial charge in [-0.15, -0.1) is 4.40 Å². The maximum absolute atomic E-state index is 12.8. The van der Waals surface area contributed by atoms with Crippen LogP contribution < -0.4 is 5.32 Å². The molecular weight excluding hydrogens is 350 g/mol. The minimum atomic E-state index is -3.70. The molecule has 0 bridgehead atoms. The van der Waals surface area contributed by atoms with E-state index in [-0.39, 0.29) is 11.8 Å². The Morgan fingerprint density at radius 2 is 1.85 bits per heavy atom. The zero-order valence-corrected chi connectivity index (χ0v) is 16.3. The predicted molar refractivity (Wildman–Crippen MR) is 103 cm³/mol. The van der Waals surface area contributed by atoms with Gasteiger partial charge in [-0.25, -0.2) is 0 Å². The Morgan fingerprint density at radius 1 is 1.23 bits per heavy atom. The Hall–Kier alpha value is -2.15. The van der Waals surface area contributed by atoms with E-state index in [1.165, 1.54) is 0 Å². The molecule has 0 unspecified atom stereocenters. The van der Waals surface area contributed by atoms with E-state index in [2.05, 4.69) is 9.71 Å². The first-order chi connectivity index (χ1) is 12.4. The monoisotopic (exact) mass is 375 g/mol. The molecule has 2 aliphatic rings. The number of benzene rings is 1. The summed E-state index contributed by atoms with van der Waals surface area (Å²) in [4.78, 5) is 14.2. The minimum Gasteiger partial charge on any atom is -0.359 e. The average Bonchev–Trinajstić information content (AvgIpc) is 2.92. The first-order valence-corrected chi connectivity index (χ1v) is 10.4. The van der Waals surface area contributed by atoms with Crippen LogP contribution in [-0.4, -0.2) is 45.2 Å². The Morgan fingerprint density at radius 3 is 2.38 bits per heavy atom. The third-order valence-corrected chi connectivity index (χ3v) is 6.50. The lowest BCUT2D eigenvalue weighted by molar-refractivity contribution is -0.125. The number of carbonyl (C=O) groups is 1. The minimum absolute atomic E-state index is 0.0134. The van der Waals surface area contributed by atoms with Gasteiger partial charge in [0.25, 0.3) is 10.0 Å². The molecule has 3 rings (SSSR count). The highest BCUT2D eigenvalue weighted by molar-refractivity contribution is 8.00. The first kappa shape index (κ1) is 18.6. The summed E-state index contributed by atoms with van der Waals surface area (Å²) in [5.41, 5.74) is 2.54. The number of piperidine rings is 1. The number of hydrogen-bond donors (Lipinski definition) is 1. The van der Waals surface area contributed by atoms with Crippen LogP contribution in [0.5, 0.6) is 0 Å². The van der Waals surface area contributed by atoms with Crippen LogP contribution in [-0.2, 0) is 14.8 Å². The number of sulfonamides is 1. The summed E-state index contributed by atoms with van der Waals surface area (Å²) in [5, 5.41) is 2.69. The largest absolute Gasteiger partial charge is 0.359 e. The van der Waals surface area contributed by atoms with Gasteiger partial charge < -0.3 is 10.2 Å². The summed E-state index contributed by atoms with van der Waals surface area (Å²) < 4.78 is 29.6. The third-order valence-electron chi connectivity index (χ3n) is 5.09. The van der Waals surface area contributed by atoms with E-state index in [1.807, 2.05) is 43.0 Å². The van der Waals surface area contributed by atoms with Crippen molar-refractivity contribution in [1.82, 2.24) is 10.2 Å². The molecule has 2 heterocycles. The highest BCUT2D eigenvalue weighted by atomic mass is 32.2. The van der Waals surface area contributed by atoms with Crippen LogP contribution in [0.2, 0.25) is 0 Å².